The number of nitrogens with zero attached hydrogens (tertiary/aromatic N) is 3. The Bertz CT molecular complexity index is 655. The number of rotatable bonds is 3. The van der Waals surface area contributed by atoms with E-state index in [1.165, 1.54) is 11.1 Å². The standard InChI is InChI=1S/C17H20N4O/c1-2-4-14-13(3-1)5-6-15(14)20-16-11-17(19-12-18-16)21-7-9-22-10-8-21/h1-4,11-12,15H,5-10H2,(H,18,19,20)/t15-/m1/s1. The van der Waals surface area contributed by atoms with Crippen molar-refractivity contribution in [1.82, 2.24) is 9.97 Å². The van der Waals surface area contributed by atoms with Gasteiger partial charge in [0, 0.05) is 19.2 Å². The van der Waals surface area contributed by atoms with Crippen LogP contribution in [0.4, 0.5) is 11.6 Å². The molecule has 2 aliphatic rings. The van der Waals surface area contributed by atoms with Gasteiger partial charge in [-0.1, -0.05) is 24.3 Å². The van der Waals surface area contributed by atoms with Gasteiger partial charge in [0.15, 0.2) is 0 Å². The van der Waals surface area contributed by atoms with Crippen molar-refractivity contribution in [1.29, 1.82) is 0 Å². The summed E-state index contributed by atoms with van der Waals surface area (Å²) in [7, 11) is 0. The number of nitrogens with one attached hydrogen (secondary N) is 1. The molecule has 0 amide bonds. The summed E-state index contributed by atoms with van der Waals surface area (Å²) in [5.74, 6) is 1.88. The quantitative estimate of drug-likeness (QED) is 0.942. The third kappa shape index (κ3) is 2.64. The number of morpholine rings is 1. The zero-order valence-electron chi connectivity index (χ0n) is 12.5. The van der Waals surface area contributed by atoms with Crippen LogP contribution >= 0.6 is 0 Å². The maximum Gasteiger partial charge on any atom is 0.134 e. The van der Waals surface area contributed by atoms with Crippen LogP contribution in [0.2, 0.25) is 0 Å². The number of aromatic nitrogens is 2. The zero-order valence-corrected chi connectivity index (χ0v) is 12.5. The molecule has 5 heteroatoms. The van der Waals surface area contributed by atoms with Crippen molar-refractivity contribution in [3.8, 4) is 0 Å². The smallest absolute Gasteiger partial charge is 0.134 e. The van der Waals surface area contributed by atoms with Gasteiger partial charge in [0.25, 0.3) is 0 Å². The molecule has 0 bridgehead atoms. The fraction of sp³-hybridized carbons (Fsp3) is 0.412. The molecule has 1 aliphatic heterocycles. The van der Waals surface area contributed by atoms with Crippen molar-refractivity contribution in [2.45, 2.75) is 18.9 Å². The van der Waals surface area contributed by atoms with E-state index in [2.05, 4.69) is 44.5 Å². The van der Waals surface area contributed by atoms with E-state index in [4.69, 9.17) is 4.74 Å². The van der Waals surface area contributed by atoms with Gasteiger partial charge in [0.2, 0.25) is 0 Å². The van der Waals surface area contributed by atoms with E-state index >= 15 is 0 Å². The molecular weight excluding hydrogens is 276 g/mol. The van der Waals surface area contributed by atoms with Gasteiger partial charge in [0.05, 0.1) is 19.3 Å². The minimum absolute atomic E-state index is 0.351. The Morgan fingerprint density at radius 1 is 1.14 bits per heavy atom. The molecule has 114 valence electrons. The Labute approximate surface area is 130 Å². The summed E-state index contributed by atoms with van der Waals surface area (Å²) in [5.41, 5.74) is 2.84. The molecular formula is C17H20N4O. The first-order chi connectivity index (χ1) is 10.9. The van der Waals surface area contributed by atoms with Crippen molar-refractivity contribution in [2.24, 2.45) is 0 Å². The maximum atomic E-state index is 5.40. The van der Waals surface area contributed by atoms with Crippen LogP contribution in [0.5, 0.6) is 0 Å². The molecule has 1 saturated heterocycles. The van der Waals surface area contributed by atoms with E-state index in [0.717, 1.165) is 50.8 Å². The highest BCUT2D eigenvalue weighted by atomic mass is 16.5. The van der Waals surface area contributed by atoms with Crippen LogP contribution in [-0.4, -0.2) is 36.3 Å². The molecule has 4 rings (SSSR count). The van der Waals surface area contributed by atoms with E-state index in [9.17, 15) is 0 Å². The van der Waals surface area contributed by atoms with Crippen LogP contribution in [0, 0.1) is 0 Å². The number of aryl methyl sites for hydroxylation is 1. The summed E-state index contributed by atoms with van der Waals surface area (Å²) in [6.07, 6.45) is 3.90. The SMILES string of the molecule is c1ccc2c(c1)CC[C@H]2Nc1cc(N2CCOCC2)ncn1. The van der Waals surface area contributed by atoms with E-state index in [1.807, 2.05) is 6.07 Å². The minimum Gasteiger partial charge on any atom is -0.378 e. The van der Waals surface area contributed by atoms with Gasteiger partial charge < -0.3 is 15.0 Å². The van der Waals surface area contributed by atoms with Gasteiger partial charge in [-0.2, -0.15) is 0 Å². The van der Waals surface area contributed by atoms with E-state index in [-0.39, 0.29) is 0 Å². The van der Waals surface area contributed by atoms with Crippen LogP contribution in [0.1, 0.15) is 23.6 Å². The normalized spacial score (nSPS) is 20.7. The Morgan fingerprint density at radius 3 is 2.91 bits per heavy atom. The average molecular weight is 296 g/mol. The summed E-state index contributed by atoms with van der Waals surface area (Å²) in [4.78, 5) is 11.0. The van der Waals surface area contributed by atoms with Gasteiger partial charge >= 0.3 is 0 Å². The predicted octanol–water partition coefficient (Wildman–Crippen LogP) is 2.41. The molecule has 0 radical (unpaired) electrons. The molecule has 1 atom stereocenters. The highest BCUT2D eigenvalue weighted by Crippen LogP contribution is 2.33. The Morgan fingerprint density at radius 2 is 2.00 bits per heavy atom. The fourth-order valence-electron chi connectivity index (χ4n) is 3.28. The number of hydrogen-bond donors (Lipinski definition) is 1. The molecule has 5 nitrogen and oxygen atoms in total. The number of anilines is 2. The fourth-order valence-corrected chi connectivity index (χ4v) is 3.28. The summed E-state index contributed by atoms with van der Waals surface area (Å²) in [6.45, 7) is 3.32. The third-order valence-electron chi connectivity index (χ3n) is 4.44. The molecule has 1 aromatic heterocycles. The molecule has 0 unspecified atom stereocenters. The lowest BCUT2D eigenvalue weighted by atomic mass is 10.1. The van der Waals surface area contributed by atoms with Crippen LogP contribution in [-0.2, 0) is 11.2 Å². The van der Waals surface area contributed by atoms with Crippen LogP contribution in [0.15, 0.2) is 36.7 Å². The largest absolute Gasteiger partial charge is 0.378 e. The van der Waals surface area contributed by atoms with Crippen molar-refractivity contribution < 1.29 is 4.74 Å². The second-order valence-electron chi connectivity index (χ2n) is 5.80. The topological polar surface area (TPSA) is 50.3 Å². The van der Waals surface area contributed by atoms with E-state index < -0.39 is 0 Å². The van der Waals surface area contributed by atoms with Crippen LogP contribution in [0.25, 0.3) is 0 Å². The molecule has 1 aliphatic carbocycles. The lowest BCUT2D eigenvalue weighted by Gasteiger charge is -2.28. The van der Waals surface area contributed by atoms with E-state index in [1.54, 1.807) is 6.33 Å². The highest BCUT2D eigenvalue weighted by molar-refractivity contribution is 5.51. The predicted molar refractivity (Wildman–Crippen MR) is 86.2 cm³/mol. The molecule has 2 heterocycles. The summed E-state index contributed by atoms with van der Waals surface area (Å²) >= 11 is 0. The van der Waals surface area contributed by atoms with E-state index in [0.29, 0.717) is 6.04 Å². The molecule has 22 heavy (non-hydrogen) atoms. The second-order valence-corrected chi connectivity index (χ2v) is 5.80. The first-order valence-electron chi connectivity index (χ1n) is 7.89. The van der Waals surface area contributed by atoms with Crippen LogP contribution < -0.4 is 10.2 Å². The van der Waals surface area contributed by atoms with Gasteiger partial charge in [-0.25, -0.2) is 9.97 Å². The Hall–Kier alpha value is -2.14. The number of ether oxygens (including phenoxy) is 1. The van der Waals surface area contributed by atoms with Gasteiger partial charge in [-0.3, -0.25) is 0 Å². The monoisotopic (exact) mass is 296 g/mol. The summed E-state index contributed by atoms with van der Waals surface area (Å²) < 4.78 is 5.40. The summed E-state index contributed by atoms with van der Waals surface area (Å²) in [5, 5.41) is 3.57. The van der Waals surface area contributed by atoms with Gasteiger partial charge in [-0.05, 0) is 24.0 Å². The van der Waals surface area contributed by atoms with Crippen molar-refractivity contribution >= 4 is 11.6 Å². The number of hydrogen-bond acceptors (Lipinski definition) is 5. The molecule has 2 aromatic rings. The third-order valence-corrected chi connectivity index (χ3v) is 4.44. The Balaban J connectivity index is 1.52. The molecule has 1 N–H and O–H groups in total. The average Bonchev–Trinajstić information content (AvgIpc) is 2.99. The minimum atomic E-state index is 0.351. The zero-order chi connectivity index (χ0) is 14.8. The maximum absolute atomic E-state index is 5.40. The first kappa shape index (κ1) is 13.5. The second kappa shape index (κ2) is 5.93. The van der Waals surface area contributed by atoms with Gasteiger partial charge in [0.1, 0.15) is 18.0 Å². The van der Waals surface area contributed by atoms with Crippen molar-refractivity contribution in [3.05, 3.63) is 47.8 Å². The van der Waals surface area contributed by atoms with Gasteiger partial charge in [-0.15, -0.1) is 0 Å². The van der Waals surface area contributed by atoms with Crippen molar-refractivity contribution in [2.75, 3.05) is 36.5 Å². The molecule has 1 aromatic carbocycles. The Kier molecular flexibility index (Phi) is 3.64. The van der Waals surface area contributed by atoms with Crippen molar-refractivity contribution in [3.63, 3.8) is 0 Å². The summed E-state index contributed by atoms with van der Waals surface area (Å²) in [6, 6.07) is 11.1. The highest BCUT2D eigenvalue weighted by Gasteiger charge is 2.22. The van der Waals surface area contributed by atoms with Crippen LogP contribution in [0.3, 0.4) is 0 Å². The number of benzene rings is 1. The lowest BCUT2D eigenvalue weighted by molar-refractivity contribution is 0.122. The molecule has 1 fully saturated rings. The lowest BCUT2D eigenvalue weighted by Crippen LogP contribution is -2.36. The first-order valence-corrected chi connectivity index (χ1v) is 7.89. The molecule has 0 saturated carbocycles. The number of fused-ring (bicyclic) bond motifs is 1. The molecule has 0 spiro atoms.